The summed E-state index contributed by atoms with van der Waals surface area (Å²) in [5.74, 6) is 0.673. The summed E-state index contributed by atoms with van der Waals surface area (Å²) in [5.41, 5.74) is 2.08. The topological polar surface area (TPSA) is 90.7 Å². The summed E-state index contributed by atoms with van der Waals surface area (Å²) in [4.78, 5) is 23.7. The van der Waals surface area contributed by atoms with Crippen LogP contribution in [0.4, 0.5) is 0 Å². The molecule has 2 aromatic rings. The summed E-state index contributed by atoms with van der Waals surface area (Å²) in [6.07, 6.45) is 0.797. The molecule has 0 saturated carbocycles. The number of amides is 1. The molecule has 0 aliphatic carbocycles. The van der Waals surface area contributed by atoms with Gasteiger partial charge in [0.2, 0.25) is 0 Å². The van der Waals surface area contributed by atoms with Gasteiger partial charge in [-0.1, -0.05) is 17.3 Å². The number of aryl methyl sites for hydroxylation is 2. The number of para-hydroxylation sites is 1. The predicted octanol–water partition coefficient (Wildman–Crippen LogP) is 2.94. The van der Waals surface area contributed by atoms with Gasteiger partial charge in [0, 0.05) is 13.0 Å². The molecule has 0 radical (unpaired) electrons. The van der Waals surface area contributed by atoms with E-state index in [1.54, 1.807) is 31.2 Å². The third-order valence-corrected chi connectivity index (χ3v) is 3.83. The van der Waals surface area contributed by atoms with Crippen molar-refractivity contribution >= 4 is 11.9 Å². The molecule has 1 aromatic carbocycles. The standard InChI is InChI=1S/C19H24N2O5/c1-4-24-18(22)10-7-11-20-19(23)15-8-5-6-9-17(15)25-12-16-13(2)21-26-14(16)3/h5-6,8-9H,4,7,10-12H2,1-3H3,(H,20,23). The number of hydrogen-bond donors (Lipinski definition) is 1. The number of esters is 1. The summed E-state index contributed by atoms with van der Waals surface area (Å²) in [5, 5.41) is 6.69. The van der Waals surface area contributed by atoms with Crippen LogP contribution in [0.5, 0.6) is 5.75 Å². The fourth-order valence-electron chi connectivity index (χ4n) is 2.40. The van der Waals surface area contributed by atoms with Gasteiger partial charge in [0.05, 0.1) is 23.4 Å². The van der Waals surface area contributed by atoms with E-state index < -0.39 is 0 Å². The number of rotatable bonds is 9. The van der Waals surface area contributed by atoms with Crippen LogP contribution in [0.3, 0.4) is 0 Å². The Bertz CT molecular complexity index is 735. The zero-order chi connectivity index (χ0) is 18.9. The lowest BCUT2D eigenvalue weighted by atomic mass is 10.1. The lowest BCUT2D eigenvalue weighted by Gasteiger charge is -2.11. The minimum atomic E-state index is -0.259. The van der Waals surface area contributed by atoms with Crippen LogP contribution in [0.1, 0.15) is 47.1 Å². The van der Waals surface area contributed by atoms with Gasteiger partial charge in [0.25, 0.3) is 5.91 Å². The van der Waals surface area contributed by atoms with Crippen LogP contribution in [-0.4, -0.2) is 30.2 Å². The molecule has 0 unspecified atom stereocenters. The van der Waals surface area contributed by atoms with Gasteiger partial charge in [-0.2, -0.15) is 0 Å². The molecule has 7 nitrogen and oxygen atoms in total. The number of carbonyl (C=O) groups is 2. The van der Waals surface area contributed by atoms with Gasteiger partial charge in [-0.05, 0) is 39.3 Å². The van der Waals surface area contributed by atoms with Crippen LogP contribution in [0.15, 0.2) is 28.8 Å². The Morgan fingerprint density at radius 1 is 1.23 bits per heavy atom. The lowest BCUT2D eigenvalue weighted by molar-refractivity contribution is -0.143. The van der Waals surface area contributed by atoms with E-state index in [1.807, 2.05) is 13.8 Å². The van der Waals surface area contributed by atoms with Crippen molar-refractivity contribution in [3.63, 3.8) is 0 Å². The fraction of sp³-hybridized carbons (Fsp3) is 0.421. The highest BCUT2D eigenvalue weighted by Crippen LogP contribution is 2.21. The molecule has 1 N–H and O–H groups in total. The summed E-state index contributed by atoms with van der Waals surface area (Å²) in [6, 6.07) is 7.02. The highest BCUT2D eigenvalue weighted by molar-refractivity contribution is 5.96. The highest BCUT2D eigenvalue weighted by atomic mass is 16.5. The van der Waals surface area contributed by atoms with Crippen LogP contribution in [-0.2, 0) is 16.1 Å². The molecule has 0 fully saturated rings. The molecular formula is C19H24N2O5. The summed E-state index contributed by atoms with van der Waals surface area (Å²) >= 11 is 0. The van der Waals surface area contributed by atoms with Crippen molar-refractivity contribution in [1.82, 2.24) is 10.5 Å². The third-order valence-electron chi connectivity index (χ3n) is 3.83. The van der Waals surface area contributed by atoms with Gasteiger partial charge in [0.15, 0.2) is 0 Å². The van der Waals surface area contributed by atoms with Gasteiger partial charge >= 0.3 is 5.97 Å². The summed E-state index contributed by atoms with van der Waals surface area (Å²) < 4.78 is 15.8. The minimum Gasteiger partial charge on any atom is -0.488 e. The average molecular weight is 360 g/mol. The van der Waals surface area contributed by atoms with Gasteiger partial charge in [-0.15, -0.1) is 0 Å². The number of carbonyl (C=O) groups excluding carboxylic acids is 2. The van der Waals surface area contributed by atoms with Crippen molar-refractivity contribution in [2.75, 3.05) is 13.2 Å². The molecular weight excluding hydrogens is 336 g/mol. The second kappa shape index (κ2) is 9.60. The number of aromatic nitrogens is 1. The zero-order valence-corrected chi connectivity index (χ0v) is 15.3. The first-order valence-electron chi connectivity index (χ1n) is 8.60. The van der Waals surface area contributed by atoms with Crippen LogP contribution < -0.4 is 10.1 Å². The van der Waals surface area contributed by atoms with Crippen molar-refractivity contribution in [3.05, 3.63) is 46.8 Å². The van der Waals surface area contributed by atoms with E-state index in [0.717, 1.165) is 11.3 Å². The number of benzene rings is 1. The van der Waals surface area contributed by atoms with Crippen molar-refractivity contribution in [2.45, 2.75) is 40.2 Å². The van der Waals surface area contributed by atoms with Gasteiger partial charge in [-0.25, -0.2) is 0 Å². The maximum atomic E-state index is 12.4. The van der Waals surface area contributed by atoms with Crippen molar-refractivity contribution in [3.8, 4) is 5.75 Å². The minimum absolute atomic E-state index is 0.247. The quantitative estimate of drug-likeness (QED) is 0.546. The Labute approximate surface area is 152 Å². The second-order valence-electron chi connectivity index (χ2n) is 5.75. The first-order valence-corrected chi connectivity index (χ1v) is 8.60. The average Bonchev–Trinajstić information content (AvgIpc) is 2.95. The summed E-state index contributed by atoms with van der Waals surface area (Å²) in [7, 11) is 0. The summed E-state index contributed by atoms with van der Waals surface area (Å²) in [6.45, 7) is 6.45. The Hall–Kier alpha value is -2.83. The molecule has 26 heavy (non-hydrogen) atoms. The normalized spacial score (nSPS) is 10.4. The van der Waals surface area contributed by atoms with Crippen LogP contribution in [0.25, 0.3) is 0 Å². The second-order valence-corrected chi connectivity index (χ2v) is 5.75. The molecule has 0 spiro atoms. The Morgan fingerprint density at radius 3 is 2.69 bits per heavy atom. The molecule has 7 heteroatoms. The van der Waals surface area contributed by atoms with E-state index in [-0.39, 0.29) is 24.9 Å². The van der Waals surface area contributed by atoms with E-state index >= 15 is 0 Å². The molecule has 0 atom stereocenters. The molecule has 0 aliphatic heterocycles. The van der Waals surface area contributed by atoms with E-state index in [1.165, 1.54) is 0 Å². The van der Waals surface area contributed by atoms with Gasteiger partial charge in [0.1, 0.15) is 18.1 Å². The van der Waals surface area contributed by atoms with Crippen LogP contribution in [0, 0.1) is 13.8 Å². The largest absolute Gasteiger partial charge is 0.488 e. The SMILES string of the molecule is CCOC(=O)CCCNC(=O)c1ccccc1OCc1c(C)noc1C. The maximum Gasteiger partial charge on any atom is 0.305 e. The predicted molar refractivity (Wildman–Crippen MR) is 95.0 cm³/mol. The molecule has 2 rings (SSSR count). The Morgan fingerprint density at radius 2 is 2.00 bits per heavy atom. The number of nitrogens with one attached hydrogen (secondary N) is 1. The van der Waals surface area contributed by atoms with Crippen molar-refractivity contribution < 1.29 is 23.6 Å². The smallest absolute Gasteiger partial charge is 0.305 e. The molecule has 0 bridgehead atoms. The highest BCUT2D eigenvalue weighted by Gasteiger charge is 2.14. The van der Waals surface area contributed by atoms with E-state index in [0.29, 0.717) is 36.6 Å². The van der Waals surface area contributed by atoms with E-state index in [9.17, 15) is 9.59 Å². The number of hydrogen-bond acceptors (Lipinski definition) is 6. The van der Waals surface area contributed by atoms with E-state index in [4.69, 9.17) is 14.0 Å². The van der Waals surface area contributed by atoms with E-state index in [2.05, 4.69) is 10.5 Å². The molecule has 140 valence electrons. The lowest BCUT2D eigenvalue weighted by Crippen LogP contribution is -2.25. The number of nitrogens with zero attached hydrogens (tertiary/aromatic N) is 1. The Balaban J connectivity index is 1.91. The van der Waals surface area contributed by atoms with Crippen LogP contribution in [0.2, 0.25) is 0 Å². The maximum absolute atomic E-state index is 12.4. The van der Waals surface area contributed by atoms with Crippen LogP contribution >= 0.6 is 0 Å². The fourth-order valence-corrected chi connectivity index (χ4v) is 2.40. The third kappa shape index (κ3) is 5.34. The number of ether oxygens (including phenoxy) is 2. The molecule has 1 amide bonds. The van der Waals surface area contributed by atoms with Gasteiger partial charge in [-0.3, -0.25) is 9.59 Å². The zero-order valence-electron chi connectivity index (χ0n) is 15.3. The molecule has 0 aliphatic rings. The van der Waals surface area contributed by atoms with Gasteiger partial charge < -0.3 is 19.3 Å². The molecule has 0 saturated heterocycles. The van der Waals surface area contributed by atoms with Crippen molar-refractivity contribution in [1.29, 1.82) is 0 Å². The first kappa shape index (κ1) is 19.5. The first-order chi connectivity index (χ1) is 12.5. The molecule has 1 aromatic heterocycles. The monoisotopic (exact) mass is 360 g/mol. The molecule has 1 heterocycles. The Kier molecular flexibility index (Phi) is 7.20. The van der Waals surface area contributed by atoms with Crippen molar-refractivity contribution in [2.24, 2.45) is 0 Å².